The van der Waals surface area contributed by atoms with E-state index in [1.54, 1.807) is 0 Å². The Bertz CT molecular complexity index is 918. The molecule has 0 atom stereocenters. The fourth-order valence-electron chi connectivity index (χ4n) is 1.75. The van der Waals surface area contributed by atoms with Gasteiger partial charge in [0.05, 0.1) is 9.82 Å². The van der Waals surface area contributed by atoms with Crippen molar-refractivity contribution in [3.63, 3.8) is 0 Å². The average Bonchev–Trinajstić information content (AvgIpc) is 2.59. The highest BCUT2D eigenvalue weighted by Crippen LogP contribution is 2.15. The van der Waals surface area contributed by atoms with Gasteiger partial charge in [-0.3, -0.25) is 19.7 Å². The highest BCUT2D eigenvalue weighted by molar-refractivity contribution is 7.89. The van der Waals surface area contributed by atoms with Crippen LogP contribution in [-0.4, -0.2) is 42.5 Å². The zero-order valence-electron chi connectivity index (χ0n) is 12.6. The molecule has 0 aliphatic heterocycles. The second-order valence-corrected chi connectivity index (χ2v) is 6.48. The molecule has 2 rings (SSSR count). The molecule has 0 bridgehead atoms. The van der Waals surface area contributed by atoms with Crippen LogP contribution in [0.5, 0.6) is 0 Å². The molecule has 25 heavy (non-hydrogen) atoms. The quantitative estimate of drug-likeness (QED) is 0.333. The van der Waals surface area contributed by atoms with Crippen molar-refractivity contribution >= 4 is 21.6 Å². The lowest BCUT2D eigenvalue weighted by Gasteiger charge is -2.07. The van der Waals surface area contributed by atoms with Crippen LogP contribution in [0, 0.1) is 10.1 Å². The van der Waals surface area contributed by atoms with E-state index in [1.165, 1.54) is 6.07 Å². The molecule has 0 spiro atoms. The molecule has 132 valence electrons. The Morgan fingerprint density at radius 3 is 2.40 bits per heavy atom. The zero-order valence-corrected chi connectivity index (χ0v) is 13.4. The normalized spacial score (nSPS) is 11.0. The van der Waals surface area contributed by atoms with Gasteiger partial charge < -0.3 is 5.32 Å². The van der Waals surface area contributed by atoms with Gasteiger partial charge in [0.25, 0.3) is 17.2 Å². The molecule has 1 amide bonds. The highest BCUT2D eigenvalue weighted by Gasteiger charge is 2.15. The van der Waals surface area contributed by atoms with Gasteiger partial charge in [0, 0.05) is 31.3 Å². The first-order valence-corrected chi connectivity index (χ1v) is 8.36. The van der Waals surface area contributed by atoms with Gasteiger partial charge in [-0.1, -0.05) is 0 Å². The van der Waals surface area contributed by atoms with E-state index in [-0.39, 0.29) is 29.4 Å². The second kappa shape index (κ2) is 7.63. The molecular formula is C13H13N5O6S. The number of hydrogen-bond donors (Lipinski definition) is 3. The molecule has 0 unspecified atom stereocenters. The average molecular weight is 367 g/mol. The number of nitrogens with zero attached hydrogens (tertiary/aromatic N) is 2. The molecule has 0 fully saturated rings. The van der Waals surface area contributed by atoms with Crippen molar-refractivity contribution in [3.8, 4) is 0 Å². The number of H-pyrrole nitrogens is 1. The Morgan fingerprint density at radius 1 is 1.16 bits per heavy atom. The van der Waals surface area contributed by atoms with Gasteiger partial charge in [0.2, 0.25) is 10.0 Å². The highest BCUT2D eigenvalue weighted by atomic mass is 32.2. The number of nitro benzene ring substituents is 1. The molecule has 3 N–H and O–H groups in total. The molecule has 0 aliphatic carbocycles. The number of aromatic nitrogens is 2. The molecule has 1 heterocycles. The van der Waals surface area contributed by atoms with Crippen LogP contribution >= 0.6 is 0 Å². The van der Waals surface area contributed by atoms with Crippen LogP contribution in [0.25, 0.3) is 0 Å². The van der Waals surface area contributed by atoms with E-state index in [2.05, 4.69) is 20.2 Å². The number of amides is 1. The zero-order chi connectivity index (χ0) is 18.4. The van der Waals surface area contributed by atoms with Crippen LogP contribution in [0.1, 0.15) is 10.5 Å². The number of carbonyl (C=O) groups is 1. The molecule has 12 heteroatoms. The summed E-state index contributed by atoms with van der Waals surface area (Å²) in [7, 11) is -3.86. The number of rotatable bonds is 7. The Balaban J connectivity index is 1.87. The van der Waals surface area contributed by atoms with E-state index in [9.17, 15) is 28.1 Å². The fourth-order valence-corrected chi connectivity index (χ4v) is 2.79. The van der Waals surface area contributed by atoms with Gasteiger partial charge in [0.1, 0.15) is 5.69 Å². The monoisotopic (exact) mass is 367 g/mol. The third kappa shape index (κ3) is 4.92. The maximum absolute atomic E-state index is 12.0. The lowest BCUT2D eigenvalue weighted by atomic mass is 10.3. The van der Waals surface area contributed by atoms with E-state index in [0.717, 1.165) is 30.3 Å². The summed E-state index contributed by atoms with van der Waals surface area (Å²) in [4.78, 5) is 32.3. The van der Waals surface area contributed by atoms with Gasteiger partial charge in [-0.15, -0.1) is 0 Å². The van der Waals surface area contributed by atoms with Gasteiger partial charge in [0.15, 0.2) is 0 Å². The largest absolute Gasteiger partial charge is 0.349 e. The fraction of sp³-hybridized carbons (Fsp3) is 0.154. The maximum atomic E-state index is 12.0. The van der Waals surface area contributed by atoms with Crippen LogP contribution in [0.3, 0.4) is 0 Å². The second-order valence-electron chi connectivity index (χ2n) is 4.71. The molecule has 0 saturated heterocycles. The Hall–Kier alpha value is -3.12. The van der Waals surface area contributed by atoms with Crippen LogP contribution in [0.15, 0.2) is 46.1 Å². The van der Waals surface area contributed by atoms with Crippen molar-refractivity contribution in [1.29, 1.82) is 0 Å². The van der Waals surface area contributed by atoms with Crippen molar-refractivity contribution in [3.05, 3.63) is 62.6 Å². The minimum absolute atomic E-state index is 0.0159. The van der Waals surface area contributed by atoms with E-state index >= 15 is 0 Å². The van der Waals surface area contributed by atoms with Crippen LogP contribution in [-0.2, 0) is 10.0 Å². The maximum Gasteiger partial charge on any atom is 0.271 e. The number of aromatic amines is 1. The van der Waals surface area contributed by atoms with E-state index in [4.69, 9.17) is 0 Å². The van der Waals surface area contributed by atoms with E-state index in [0.29, 0.717) is 0 Å². The first-order valence-electron chi connectivity index (χ1n) is 6.87. The number of carbonyl (C=O) groups excluding carboxylic acids is 1. The summed E-state index contributed by atoms with van der Waals surface area (Å²) >= 11 is 0. The lowest BCUT2D eigenvalue weighted by Crippen LogP contribution is -2.35. The molecule has 0 aliphatic rings. The smallest absolute Gasteiger partial charge is 0.271 e. The van der Waals surface area contributed by atoms with Gasteiger partial charge >= 0.3 is 0 Å². The summed E-state index contributed by atoms with van der Waals surface area (Å²) in [5, 5.41) is 18.6. The summed E-state index contributed by atoms with van der Waals surface area (Å²) in [5.41, 5.74) is -0.690. The molecule has 11 nitrogen and oxygen atoms in total. The first kappa shape index (κ1) is 18.2. The summed E-state index contributed by atoms with van der Waals surface area (Å²) in [6.45, 7) is -0.125. The lowest BCUT2D eigenvalue weighted by molar-refractivity contribution is -0.384. The molecule has 0 saturated carbocycles. The van der Waals surface area contributed by atoms with Crippen molar-refractivity contribution in [1.82, 2.24) is 20.2 Å². The predicted molar refractivity (Wildman–Crippen MR) is 85.5 cm³/mol. The standard InChI is InChI=1S/C13H13N5O6S/c19-12-6-5-11(16-17-12)13(20)14-7-8-15-25(23,24)10-3-1-9(2-4-10)18(21)22/h1-6,15H,7-8H2,(H,14,20)(H,17,19). The number of nitrogens with one attached hydrogen (secondary N) is 3. The SMILES string of the molecule is O=C(NCCNS(=O)(=O)c1ccc([N+](=O)[O-])cc1)c1ccc(=O)[nH]n1. The first-order chi connectivity index (χ1) is 11.8. The summed E-state index contributed by atoms with van der Waals surface area (Å²) in [6, 6.07) is 6.76. The van der Waals surface area contributed by atoms with Crippen LogP contribution in [0.4, 0.5) is 5.69 Å². The number of hydrogen-bond acceptors (Lipinski definition) is 7. The summed E-state index contributed by atoms with van der Waals surface area (Å²) < 4.78 is 26.3. The van der Waals surface area contributed by atoms with E-state index in [1.807, 2.05) is 0 Å². The number of nitro groups is 1. The number of sulfonamides is 1. The van der Waals surface area contributed by atoms with Crippen molar-refractivity contribution in [2.45, 2.75) is 4.90 Å². The third-order valence-electron chi connectivity index (χ3n) is 2.97. The molecule has 1 aromatic heterocycles. The van der Waals surface area contributed by atoms with Crippen molar-refractivity contribution in [2.75, 3.05) is 13.1 Å². The molecular weight excluding hydrogens is 354 g/mol. The Labute approximate surface area is 141 Å². The van der Waals surface area contributed by atoms with Gasteiger partial charge in [-0.05, 0) is 18.2 Å². The van der Waals surface area contributed by atoms with Crippen LogP contribution in [0.2, 0.25) is 0 Å². The number of non-ortho nitro benzene ring substituents is 1. The predicted octanol–water partition coefficient (Wildman–Crippen LogP) is -0.614. The number of benzene rings is 1. The van der Waals surface area contributed by atoms with Crippen molar-refractivity contribution in [2.24, 2.45) is 0 Å². The van der Waals surface area contributed by atoms with Gasteiger partial charge in [-0.2, -0.15) is 5.10 Å². The van der Waals surface area contributed by atoms with Crippen molar-refractivity contribution < 1.29 is 18.1 Å². The molecule has 2 aromatic rings. The Morgan fingerprint density at radius 2 is 1.84 bits per heavy atom. The Kier molecular flexibility index (Phi) is 5.56. The summed E-state index contributed by atoms with van der Waals surface area (Å²) in [5.74, 6) is -0.578. The topological polar surface area (TPSA) is 164 Å². The van der Waals surface area contributed by atoms with Crippen LogP contribution < -0.4 is 15.6 Å². The van der Waals surface area contributed by atoms with Gasteiger partial charge in [-0.25, -0.2) is 18.2 Å². The minimum Gasteiger partial charge on any atom is -0.349 e. The third-order valence-corrected chi connectivity index (χ3v) is 4.45. The summed E-state index contributed by atoms with van der Waals surface area (Å²) in [6.07, 6.45) is 0. The molecule has 1 aromatic carbocycles. The molecule has 0 radical (unpaired) electrons. The van der Waals surface area contributed by atoms with E-state index < -0.39 is 26.4 Å². The minimum atomic E-state index is -3.86.